The lowest BCUT2D eigenvalue weighted by Gasteiger charge is -1.92. The molecule has 2 heterocycles. The summed E-state index contributed by atoms with van der Waals surface area (Å²) < 4.78 is 15.4. The molecule has 0 aliphatic carbocycles. The Balaban J connectivity index is 1.89. The van der Waals surface area contributed by atoms with E-state index in [2.05, 4.69) is 10.3 Å². The molecule has 0 spiro atoms. The summed E-state index contributed by atoms with van der Waals surface area (Å²) in [6.07, 6.45) is 1.92. The van der Waals surface area contributed by atoms with Gasteiger partial charge in [0.25, 0.3) is 0 Å². The molecular formula is C13H10FN3OS. The number of fused-ring (bicyclic) bond motifs is 1. The quantitative estimate of drug-likeness (QED) is 0.690. The lowest BCUT2D eigenvalue weighted by atomic mass is 10.2. The van der Waals surface area contributed by atoms with Gasteiger partial charge in [0.1, 0.15) is 5.82 Å². The van der Waals surface area contributed by atoms with Gasteiger partial charge in [-0.05, 0) is 23.6 Å². The highest BCUT2D eigenvalue weighted by molar-refractivity contribution is 7.20. The Kier molecular flexibility index (Phi) is 2.87. The maximum atomic E-state index is 13.1. The Labute approximate surface area is 112 Å². The zero-order valence-corrected chi connectivity index (χ0v) is 10.9. The Hall–Kier alpha value is -2.08. The highest BCUT2D eigenvalue weighted by Crippen LogP contribution is 2.27. The molecule has 0 N–H and O–H groups in total. The van der Waals surface area contributed by atoms with Crippen molar-refractivity contribution in [1.29, 1.82) is 0 Å². The van der Waals surface area contributed by atoms with E-state index in [1.54, 1.807) is 30.1 Å². The van der Waals surface area contributed by atoms with E-state index in [4.69, 9.17) is 0 Å². The minimum atomic E-state index is -0.290. The highest BCUT2D eigenvalue weighted by atomic mass is 32.1. The number of thiophene rings is 1. The van der Waals surface area contributed by atoms with Crippen LogP contribution in [0.5, 0.6) is 0 Å². The zero-order valence-electron chi connectivity index (χ0n) is 10.1. The van der Waals surface area contributed by atoms with Gasteiger partial charge in [-0.25, -0.2) is 4.39 Å². The van der Waals surface area contributed by atoms with Crippen LogP contribution in [0.2, 0.25) is 0 Å². The largest absolute Gasteiger partial charge is 0.293 e. The molecule has 0 bridgehead atoms. The number of benzene rings is 1. The summed E-state index contributed by atoms with van der Waals surface area (Å²) in [5.41, 5.74) is 0.635. The number of hydrogen-bond acceptors (Lipinski definition) is 4. The number of ketones is 1. The predicted molar refractivity (Wildman–Crippen MR) is 70.8 cm³/mol. The molecule has 0 saturated heterocycles. The van der Waals surface area contributed by atoms with Gasteiger partial charge in [0.2, 0.25) is 0 Å². The number of halogens is 1. The molecule has 2 aromatic heterocycles. The summed E-state index contributed by atoms with van der Waals surface area (Å²) in [5.74, 6) is -0.315. The fourth-order valence-electron chi connectivity index (χ4n) is 1.87. The van der Waals surface area contributed by atoms with Gasteiger partial charge in [-0.15, -0.1) is 16.4 Å². The van der Waals surface area contributed by atoms with Crippen molar-refractivity contribution in [2.75, 3.05) is 0 Å². The van der Waals surface area contributed by atoms with E-state index >= 15 is 0 Å². The Bertz CT molecular complexity index is 762. The van der Waals surface area contributed by atoms with E-state index in [1.165, 1.54) is 23.5 Å². The van der Waals surface area contributed by atoms with E-state index in [1.807, 2.05) is 0 Å². The molecule has 0 radical (unpaired) electrons. The topological polar surface area (TPSA) is 47.8 Å². The van der Waals surface area contributed by atoms with Gasteiger partial charge in [0.05, 0.1) is 17.0 Å². The third-order valence-corrected chi connectivity index (χ3v) is 3.89. The second kappa shape index (κ2) is 4.55. The van der Waals surface area contributed by atoms with E-state index in [0.717, 1.165) is 10.1 Å². The van der Waals surface area contributed by atoms with Crippen molar-refractivity contribution < 1.29 is 9.18 Å². The molecule has 0 fully saturated rings. The van der Waals surface area contributed by atoms with Crippen LogP contribution in [0.1, 0.15) is 15.4 Å². The fourth-order valence-corrected chi connectivity index (χ4v) is 2.90. The molecule has 0 aliphatic rings. The third-order valence-electron chi connectivity index (χ3n) is 2.75. The normalized spacial score (nSPS) is 11.1. The average Bonchev–Trinajstić information content (AvgIpc) is 2.95. The molecule has 4 nitrogen and oxygen atoms in total. The number of aromatic nitrogens is 3. The van der Waals surface area contributed by atoms with E-state index in [-0.39, 0.29) is 18.0 Å². The molecule has 1 aromatic carbocycles. The minimum Gasteiger partial charge on any atom is -0.293 e. The molecular weight excluding hydrogens is 265 g/mol. The van der Waals surface area contributed by atoms with Crippen molar-refractivity contribution in [2.24, 2.45) is 7.05 Å². The van der Waals surface area contributed by atoms with E-state index < -0.39 is 0 Å². The lowest BCUT2D eigenvalue weighted by Crippen LogP contribution is -2.01. The van der Waals surface area contributed by atoms with Crippen molar-refractivity contribution >= 4 is 27.2 Å². The Morgan fingerprint density at radius 3 is 3.00 bits per heavy atom. The van der Waals surface area contributed by atoms with Crippen LogP contribution in [-0.4, -0.2) is 20.8 Å². The number of nitrogens with zero attached hydrogens (tertiary/aromatic N) is 3. The second-order valence-corrected chi connectivity index (χ2v) is 5.36. The van der Waals surface area contributed by atoms with Crippen LogP contribution in [0.3, 0.4) is 0 Å². The van der Waals surface area contributed by atoms with Gasteiger partial charge in [-0.2, -0.15) is 0 Å². The van der Waals surface area contributed by atoms with Crippen LogP contribution in [0, 0.1) is 5.82 Å². The van der Waals surface area contributed by atoms with Gasteiger partial charge in [-0.3, -0.25) is 9.48 Å². The van der Waals surface area contributed by atoms with Gasteiger partial charge >= 0.3 is 0 Å². The number of rotatable bonds is 3. The molecule has 19 heavy (non-hydrogen) atoms. The van der Waals surface area contributed by atoms with Crippen LogP contribution >= 0.6 is 11.3 Å². The summed E-state index contributed by atoms with van der Waals surface area (Å²) in [7, 11) is 1.75. The molecule has 0 saturated carbocycles. The van der Waals surface area contributed by atoms with Crippen molar-refractivity contribution in [1.82, 2.24) is 15.0 Å². The van der Waals surface area contributed by atoms with Crippen molar-refractivity contribution in [2.45, 2.75) is 6.42 Å². The lowest BCUT2D eigenvalue weighted by molar-refractivity contribution is 0.0996. The summed E-state index contributed by atoms with van der Waals surface area (Å²) in [4.78, 5) is 12.7. The standard InChI is InChI=1S/C13H10FN3OS/c1-17-7-10(15-16-17)6-11(18)13-4-8-2-3-9(14)5-12(8)19-13/h2-5,7H,6H2,1H3. The molecule has 0 amide bonds. The molecule has 3 aromatic rings. The molecule has 96 valence electrons. The number of aryl methyl sites for hydroxylation is 1. The van der Waals surface area contributed by atoms with Crippen LogP contribution in [0.15, 0.2) is 30.5 Å². The SMILES string of the molecule is Cn1cc(CC(=O)c2cc3ccc(F)cc3s2)nn1. The second-order valence-electron chi connectivity index (χ2n) is 4.28. The first kappa shape index (κ1) is 12.0. The maximum Gasteiger partial charge on any atom is 0.178 e. The smallest absolute Gasteiger partial charge is 0.178 e. The maximum absolute atomic E-state index is 13.1. The number of carbonyl (C=O) groups is 1. The minimum absolute atomic E-state index is 0.0258. The summed E-state index contributed by atoms with van der Waals surface area (Å²) in [5, 5.41) is 8.56. The molecule has 6 heteroatoms. The number of carbonyl (C=O) groups excluding carboxylic acids is 1. The van der Waals surface area contributed by atoms with Gasteiger partial charge in [-0.1, -0.05) is 11.3 Å². The van der Waals surface area contributed by atoms with E-state index in [0.29, 0.717) is 10.6 Å². The Morgan fingerprint density at radius 2 is 2.26 bits per heavy atom. The van der Waals surface area contributed by atoms with E-state index in [9.17, 15) is 9.18 Å². The van der Waals surface area contributed by atoms with Gasteiger partial charge < -0.3 is 0 Å². The monoisotopic (exact) mass is 275 g/mol. The first-order valence-electron chi connectivity index (χ1n) is 5.69. The van der Waals surface area contributed by atoms with Crippen LogP contribution < -0.4 is 0 Å². The molecule has 0 unspecified atom stereocenters. The molecule has 3 rings (SSSR count). The average molecular weight is 275 g/mol. The fraction of sp³-hybridized carbons (Fsp3) is 0.154. The van der Waals surface area contributed by atoms with Crippen LogP contribution in [0.4, 0.5) is 4.39 Å². The first-order chi connectivity index (χ1) is 9.11. The first-order valence-corrected chi connectivity index (χ1v) is 6.51. The Morgan fingerprint density at radius 1 is 1.42 bits per heavy atom. The summed E-state index contributed by atoms with van der Waals surface area (Å²) in [6.45, 7) is 0. The number of Topliss-reactive ketones (excluding diaryl/α,β-unsaturated/α-hetero) is 1. The third kappa shape index (κ3) is 2.39. The summed E-state index contributed by atoms with van der Waals surface area (Å²) in [6, 6.07) is 6.31. The van der Waals surface area contributed by atoms with Crippen LogP contribution in [0.25, 0.3) is 10.1 Å². The zero-order chi connectivity index (χ0) is 13.4. The summed E-state index contributed by atoms with van der Waals surface area (Å²) >= 11 is 1.30. The number of hydrogen-bond donors (Lipinski definition) is 0. The van der Waals surface area contributed by atoms with Gasteiger partial charge in [0.15, 0.2) is 5.78 Å². The van der Waals surface area contributed by atoms with Crippen molar-refractivity contribution in [3.8, 4) is 0 Å². The van der Waals surface area contributed by atoms with Crippen molar-refractivity contribution in [3.05, 3.63) is 46.9 Å². The van der Waals surface area contributed by atoms with Gasteiger partial charge in [0, 0.05) is 17.9 Å². The van der Waals surface area contributed by atoms with Crippen LogP contribution in [-0.2, 0) is 13.5 Å². The predicted octanol–water partition coefficient (Wildman–Crippen LogP) is 2.59. The highest BCUT2D eigenvalue weighted by Gasteiger charge is 2.13. The molecule has 0 atom stereocenters. The van der Waals surface area contributed by atoms with Crippen molar-refractivity contribution in [3.63, 3.8) is 0 Å². The molecule has 0 aliphatic heterocycles.